The van der Waals surface area contributed by atoms with Crippen molar-refractivity contribution in [2.45, 2.75) is 33.0 Å². The Morgan fingerprint density at radius 1 is 1.19 bits per heavy atom. The molecule has 0 aromatic heterocycles. The second kappa shape index (κ2) is 10.3. The summed E-state index contributed by atoms with van der Waals surface area (Å²) >= 11 is 0.775. The molecule has 6 nitrogen and oxygen atoms in total. The number of esters is 1. The van der Waals surface area contributed by atoms with Crippen molar-refractivity contribution in [3.63, 3.8) is 0 Å². The summed E-state index contributed by atoms with van der Waals surface area (Å²) in [5, 5.41) is -0.513. The fraction of sp³-hybridized carbons (Fsp3) is 0.261. The van der Waals surface area contributed by atoms with E-state index in [-0.39, 0.29) is 23.4 Å². The molecular weight excluding hydrogens is 421 g/mol. The van der Waals surface area contributed by atoms with E-state index in [9.17, 15) is 18.8 Å². The number of imide groups is 1. The number of carbonyl (C=O) groups is 3. The maximum Gasteiger partial charge on any atom is 0.326 e. The lowest BCUT2D eigenvalue weighted by Gasteiger charge is -2.14. The van der Waals surface area contributed by atoms with Crippen molar-refractivity contribution < 1.29 is 28.2 Å². The van der Waals surface area contributed by atoms with Crippen LogP contribution in [-0.4, -0.2) is 34.7 Å². The van der Waals surface area contributed by atoms with E-state index in [0.29, 0.717) is 17.7 Å². The number of rotatable bonds is 8. The van der Waals surface area contributed by atoms with E-state index in [2.05, 4.69) is 0 Å². The fourth-order valence-electron chi connectivity index (χ4n) is 2.70. The Morgan fingerprint density at radius 3 is 2.65 bits per heavy atom. The average molecular weight is 443 g/mol. The van der Waals surface area contributed by atoms with Crippen LogP contribution in [0.3, 0.4) is 0 Å². The van der Waals surface area contributed by atoms with Crippen LogP contribution < -0.4 is 4.74 Å². The number of ether oxygens (including phenoxy) is 2. The van der Waals surface area contributed by atoms with E-state index >= 15 is 0 Å². The molecule has 0 bridgehead atoms. The number of halogens is 1. The van der Waals surface area contributed by atoms with Crippen LogP contribution in [0.25, 0.3) is 6.08 Å². The Kier molecular flexibility index (Phi) is 7.46. The number of hydrogen-bond donors (Lipinski definition) is 0. The number of benzene rings is 2. The third kappa shape index (κ3) is 6.18. The molecule has 2 aromatic rings. The van der Waals surface area contributed by atoms with E-state index in [0.717, 1.165) is 22.2 Å². The predicted molar refractivity (Wildman–Crippen MR) is 116 cm³/mol. The average Bonchev–Trinajstić information content (AvgIpc) is 3.00. The molecular formula is C23H22FNO5S. The molecule has 3 rings (SSSR count). The molecule has 1 heterocycles. The third-order valence-electron chi connectivity index (χ3n) is 4.54. The summed E-state index contributed by atoms with van der Waals surface area (Å²) in [6.07, 6.45) is 1.95. The van der Waals surface area contributed by atoms with Gasteiger partial charge in [0.05, 0.1) is 11.0 Å². The zero-order chi connectivity index (χ0) is 22.4. The third-order valence-corrected chi connectivity index (χ3v) is 5.45. The van der Waals surface area contributed by atoms with Crippen molar-refractivity contribution >= 4 is 35.0 Å². The van der Waals surface area contributed by atoms with Crippen LogP contribution >= 0.6 is 11.8 Å². The van der Waals surface area contributed by atoms with Crippen LogP contribution in [0, 0.1) is 5.82 Å². The quantitative estimate of drug-likeness (QED) is 0.432. The minimum atomic E-state index is -0.617. The summed E-state index contributed by atoms with van der Waals surface area (Å²) in [6, 6.07) is 13.0. The van der Waals surface area contributed by atoms with Gasteiger partial charge in [-0.25, -0.2) is 4.39 Å². The molecule has 1 atom stereocenters. The van der Waals surface area contributed by atoms with Gasteiger partial charge in [0.2, 0.25) is 0 Å². The molecule has 0 spiro atoms. The smallest absolute Gasteiger partial charge is 0.326 e. The first kappa shape index (κ1) is 22.6. The first-order valence-corrected chi connectivity index (χ1v) is 10.6. The predicted octanol–water partition coefficient (Wildman–Crippen LogP) is 4.78. The first-order chi connectivity index (χ1) is 14.9. The topological polar surface area (TPSA) is 72.9 Å². The minimum Gasteiger partial charge on any atom is -0.489 e. The summed E-state index contributed by atoms with van der Waals surface area (Å²) in [5.41, 5.74) is 1.49. The molecule has 0 aliphatic carbocycles. The Balaban J connectivity index is 1.65. The molecule has 0 radical (unpaired) electrons. The van der Waals surface area contributed by atoms with Crippen molar-refractivity contribution in [3.05, 3.63) is 70.4 Å². The second-order valence-corrected chi connectivity index (χ2v) is 7.96. The van der Waals surface area contributed by atoms with Gasteiger partial charge in [0, 0.05) is 0 Å². The van der Waals surface area contributed by atoms with Crippen molar-refractivity contribution in [3.8, 4) is 5.75 Å². The zero-order valence-corrected chi connectivity index (χ0v) is 18.0. The molecule has 0 saturated carbocycles. The van der Waals surface area contributed by atoms with Crippen LogP contribution in [0.15, 0.2) is 53.4 Å². The first-order valence-electron chi connectivity index (χ1n) is 9.78. The van der Waals surface area contributed by atoms with Gasteiger partial charge in [0.15, 0.2) is 0 Å². The molecule has 2 amide bonds. The highest BCUT2D eigenvalue weighted by Crippen LogP contribution is 2.32. The highest BCUT2D eigenvalue weighted by Gasteiger charge is 2.36. The molecule has 2 aromatic carbocycles. The van der Waals surface area contributed by atoms with E-state index in [1.54, 1.807) is 49.4 Å². The highest BCUT2D eigenvalue weighted by atomic mass is 32.2. The van der Waals surface area contributed by atoms with Gasteiger partial charge >= 0.3 is 5.97 Å². The highest BCUT2D eigenvalue weighted by molar-refractivity contribution is 8.18. The minimum absolute atomic E-state index is 0.219. The number of hydrogen-bond acceptors (Lipinski definition) is 6. The monoisotopic (exact) mass is 443 g/mol. The van der Waals surface area contributed by atoms with Gasteiger partial charge in [-0.05, 0) is 66.6 Å². The largest absolute Gasteiger partial charge is 0.489 e. The van der Waals surface area contributed by atoms with Crippen LogP contribution in [0.5, 0.6) is 5.75 Å². The maximum absolute atomic E-state index is 13.0. The molecule has 1 aliphatic rings. The van der Waals surface area contributed by atoms with Crippen molar-refractivity contribution in [2.24, 2.45) is 0 Å². The molecule has 162 valence electrons. The van der Waals surface area contributed by atoms with Crippen molar-refractivity contribution in [1.82, 2.24) is 4.90 Å². The number of nitrogens with zero attached hydrogens (tertiary/aromatic N) is 1. The van der Waals surface area contributed by atoms with Gasteiger partial charge in [-0.3, -0.25) is 19.3 Å². The summed E-state index contributed by atoms with van der Waals surface area (Å²) in [7, 11) is 0. The summed E-state index contributed by atoms with van der Waals surface area (Å²) in [6.45, 7) is 3.47. The normalized spacial score (nSPS) is 16.0. The van der Waals surface area contributed by atoms with E-state index in [1.165, 1.54) is 12.1 Å². The van der Waals surface area contributed by atoms with Gasteiger partial charge in [0.1, 0.15) is 24.7 Å². The molecule has 0 N–H and O–H groups in total. The number of amides is 2. The Morgan fingerprint density at radius 2 is 1.94 bits per heavy atom. The lowest BCUT2D eigenvalue weighted by molar-refractivity contribution is -0.150. The molecule has 8 heteroatoms. The van der Waals surface area contributed by atoms with Crippen LogP contribution in [0.2, 0.25) is 0 Å². The Hall–Kier alpha value is -3.13. The van der Waals surface area contributed by atoms with E-state index < -0.39 is 23.7 Å². The Bertz CT molecular complexity index is 1010. The van der Waals surface area contributed by atoms with Gasteiger partial charge in [0.25, 0.3) is 11.1 Å². The SMILES string of the molecule is CC[C@@H](C)OC(=O)CN1C(=O)S/C(=C/c2cccc(OCc3ccc(F)cc3)c2)C1=O. The molecule has 1 fully saturated rings. The number of thioether (sulfide) groups is 1. The number of carbonyl (C=O) groups excluding carboxylic acids is 3. The van der Waals surface area contributed by atoms with Crippen LogP contribution in [0.1, 0.15) is 31.4 Å². The molecule has 31 heavy (non-hydrogen) atoms. The lowest BCUT2D eigenvalue weighted by atomic mass is 10.2. The fourth-order valence-corrected chi connectivity index (χ4v) is 3.54. The van der Waals surface area contributed by atoms with E-state index in [1.807, 2.05) is 6.92 Å². The molecule has 1 aliphatic heterocycles. The van der Waals surface area contributed by atoms with Crippen LogP contribution in [-0.2, 0) is 20.9 Å². The lowest BCUT2D eigenvalue weighted by Crippen LogP contribution is -2.35. The maximum atomic E-state index is 13.0. The van der Waals surface area contributed by atoms with Gasteiger partial charge in [-0.2, -0.15) is 0 Å². The summed E-state index contributed by atoms with van der Waals surface area (Å²) in [4.78, 5) is 37.8. The van der Waals surface area contributed by atoms with Crippen molar-refractivity contribution in [2.75, 3.05) is 6.54 Å². The Labute approximate surface area is 184 Å². The van der Waals surface area contributed by atoms with E-state index in [4.69, 9.17) is 9.47 Å². The van der Waals surface area contributed by atoms with Gasteiger partial charge < -0.3 is 9.47 Å². The molecule has 1 saturated heterocycles. The summed E-state index contributed by atoms with van der Waals surface area (Å²) < 4.78 is 23.9. The van der Waals surface area contributed by atoms with Gasteiger partial charge in [-0.1, -0.05) is 31.2 Å². The molecule has 0 unspecified atom stereocenters. The second-order valence-electron chi connectivity index (χ2n) is 6.96. The van der Waals surface area contributed by atoms with Crippen molar-refractivity contribution in [1.29, 1.82) is 0 Å². The standard InChI is InChI=1S/C23H22FNO5S/c1-3-15(2)30-21(26)13-25-22(27)20(31-23(25)28)12-17-5-4-6-19(11-17)29-14-16-7-9-18(24)10-8-16/h4-12,15H,3,13-14H2,1-2H3/b20-12+/t15-/m1/s1. The summed E-state index contributed by atoms with van der Waals surface area (Å²) in [5.74, 6) is -0.898. The van der Waals surface area contributed by atoms with Crippen LogP contribution in [0.4, 0.5) is 9.18 Å². The zero-order valence-electron chi connectivity index (χ0n) is 17.2. The van der Waals surface area contributed by atoms with Gasteiger partial charge in [-0.15, -0.1) is 0 Å².